The summed E-state index contributed by atoms with van der Waals surface area (Å²) in [6, 6.07) is 15.6. The van der Waals surface area contributed by atoms with E-state index in [1.165, 1.54) is 5.00 Å². The first-order valence-electron chi connectivity index (χ1n) is 13.8. The van der Waals surface area contributed by atoms with E-state index in [0.29, 0.717) is 18.8 Å². The second-order valence-corrected chi connectivity index (χ2v) is 11.8. The Bertz CT molecular complexity index is 1220. The molecule has 0 amide bonds. The van der Waals surface area contributed by atoms with Crippen LogP contribution in [-0.4, -0.2) is 80.1 Å². The normalized spacial score (nSPS) is 16.2. The van der Waals surface area contributed by atoms with E-state index in [2.05, 4.69) is 39.2 Å². The summed E-state index contributed by atoms with van der Waals surface area (Å²) in [6.07, 6.45) is 2.91. The molecular weight excluding hydrogens is 546 g/mol. The van der Waals surface area contributed by atoms with Gasteiger partial charge in [-0.25, -0.2) is 4.98 Å². The fourth-order valence-corrected chi connectivity index (χ4v) is 6.71. The highest BCUT2D eigenvalue weighted by Gasteiger charge is 2.24. The number of nitrogens with two attached hydrogens (primary N) is 1. The van der Waals surface area contributed by atoms with E-state index < -0.39 is 0 Å². The lowest BCUT2D eigenvalue weighted by Crippen LogP contribution is -2.36. The van der Waals surface area contributed by atoms with E-state index in [1.807, 2.05) is 35.2 Å². The summed E-state index contributed by atoms with van der Waals surface area (Å²) in [6.45, 7) is 6.74. The van der Waals surface area contributed by atoms with E-state index in [4.69, 9.17) is 30.1 Å². The molecule has 0 bridgehead atoms. The molecule has 3 heterocycles. The van der Waals surface area contributed by atoms with Crippen LogP contribution in [0.2, 0.25) is 0 Å². The molecule has 0 unspecified atom stereocenters. The molecule has 0 atom stereocenters. The van der Waals surface area contributed by atoms with Crippen LogP contribution in [-0.2, 0) is 4.74 Å². The van der Waals surface area contributed by atoms with Gasteiger partial charge in [0.05, 0.1) is 26.4 Å². The predicted molar refractivity (Wildman–Crippen MR) is 164 cm³/mol. The van der Waals surface area contributed by atoms with Gasteiger partial charge in [0, 0.05) is 48.8 Å². The van der Waals surface area contributed by atoms with Crippen LogP contribution in [0.1, 0.15) is 24.8 Å². The third-order valence-electron chi connectivity index (χ3n) is 6.89. The highest BCUT2D eigenvalue weighted by atomic mass is 32.2. The molecule has 214 valence electrons. The number of thioether (sulfide) groups is 1. The molecule has 3 aromatic rings. The topological polar surface area (TPSA) is 106 Å². The maximum atomic E-state index is 8.74. The molecule has 2 fully saturated rings. The molecule has 2 aliphatic rings. The maximum Gasteiger partial charge on any atom is 0.188 e. The monoisotopic (exact) mass is 583 g/mol. The van der Waals surface area contributed by atoms with Gasteiger partial charge in [0.2, 0.25) is 0 Å². The van der Waals surface area contributed by atoms with Gasteiger partial charge in [-0.05, 0) is 67.8 Å². The van der Waals surface area contributed by atoms with Gasteiger partial charge in [-0.1, -0.05) is 16.5 Å². The highest BCUT2D eigenvalue weighted by Crippen LogP contribution is 2.41. The quantitative estimate of drug-likeness (QED) is 0.101. The van der Waals surface area contributed by atoms with Crippen LogP contribution in [0.25, 0.3) is 11.3 Å². The number of nitrogens with zero attached hydrogens (tertiary/aromatic N) is 4. The van der Waals surface area contributed by atoms with E-state index >= 15 is 0 Å². The third-order valence-corrected chi connectivity index (χ3v) is 9.01. The van der Waals surface area contributed by atoms with Crippen molar-refractivity contribution < 1.29 is 19.4 Å². The number of benzene rings is 2. The minimum absolute atomic E-state index is 0.0868. The Morgan fingerprint density at radius 1 is 0.875 bits per heavy atom. The van der Waals surface area contributed by atoms with Crippen molar-refractivity contribution in [3.05, 3.63) is 54.1 Å². The summed E-state index contributed by atoms with van der Waals surface area (Å²) in [4.78, 5) is 9.97. The molecule has 3 N–H and O–H groups in total. The Morgan fingerprint density at radius 3 is 2.12 bits per heavy atom. The Morgan fingerprint density at radius 2 is 1.50 bits per heavy atom. The Balaban J connectivity index is 1.09. The number of unbranched alkanes of at least 4 members (excludes halogenated alkanes) is 2. The van der Waals surface area contributed by atoms with Crippen LogP contribution in [0.3, 0.4) is 0 Å². The number of aromatic nitrogens is 1. The van der Waals surface area contributed by atoms with Crippen molar-refractivity contribution in [1.29, 1.82) is 0 Å². The first-order valence-corrected chi connectivity index (χ1v) is 15.8. The minimum atomic E-state index is 0.0868. The smallest absolute Gasteiger partial charge is 0.188 e. The molecule has 2 aromatic carbocycles. The lowest BCUT2D eigenvalue weighted by Gasteiger charge is -2.28. The standard InChI is InChI=1S/C29H37N5O4S2/c30-27(32-35)23-6-10-25(11-7-23)38-17-3-1-2-16-37-24-8-4-22(5-9-24)26-28(33-14-20-39-21-15-33)40-29(31-26)34-12-18-36-19-13-34/h4-11,35H,1-3,12-21H2,(H2,30,32). The van der Waals surface area contributed by atoms with E-state index in [-0.39, 0.29) is 5.84 Å². The molecule has 0 aliphatic carbocycles. The molecule has 0 saturated carbocycles. The summed E-state index contributed by atoms with van der Waals surface area (Å²) in [5, 5.41) is 14.1. The summed E-state index contributed by atoms with van der Waals surface area (Å²) in [5.74, 6) is 4.05. The Hall–Kier alpha value is -3.15. The maximum absolute atomic E-state index is 8.74. The summed E-state index contributed by atoms with van der Waals surface area (Å²) in [7, 11) is 0. The summed E-state index contributed by atoms with van der Waals surface area (Å²) >= 11 is 3.84. The van der Waals surface area contributed by atoms with Gasteiger partial charge in [0.1, 0.15) is 22.2 Å². The number of amidine groups is 1. The van der Waals surface area contributed by atoms with E-state index in [0.717, 1.165) is 98.0 Å². The number of hydrogen-bond acceptors (Lipinski definition) is 10. The molecule has 0 radical (unpaired) electrons. The Kier molecular flexibility index (Phi) is 10.3. The van der Waals surface area contributed by atoms with Crippen molar-refractivity contribution in [1.82, 2.24) is 4.98 Å². The van der Waals surface area contributed by atoms with Crippen molar-refractivity contribution in [3.63, 3.8) is 0 Å². The lowest BCUT2D eigenvalue weighted by molar-refractivity contribution is 0.122. The van der Waals surface area contributed by atoms with E-state index in [1.54, 1.807) is 12.1 Å². The van der Waals surface area contributed by atoms with Crippen molar-refractivity contribution in [2.24, 2.45) is 10.9 Å². The predicted octanol–water partition coefficient (Wildman–Crippen LogP) is 4.92. The van der Waals surface area contributed by atoms with Crippen molar-refractivity contribution >= 4 is 39.1 Å². The zero-order chi connectivity index (χ0) is 27.6. The van der Waals surface area contributed by atoms with Crippen molar-refractivity contribution in [2.45, 2.75) is 19.3 Å². The third kappa shape index (κ3) is 7.52. The van der Waals surface area contributed by atoms with E-state index in [9.17, 15) is 0 Å². The molecule has 9 nitrogen and oxygen atoms in total. The number of morpholine rings is 1. The molecule has 1 aromatic heterocycles. The van der Waals surface area contributed by atoms with Gasteiger partial charge in [0.25, 0.3) is 0 Å². The van der Waals surface area contributed by atoms with Gasteiger partial charge >= 0.3 is 0 Å². The summed E-state index contributed by atoms with van der Waals surface area (Å²) < 4.78 is 17.4. The first kappa shape index (κ1) is 28.4. The zero-order valence-electron chi connectivity index (χ0n) is 22.7. The Labute approximate surface area is 243 Å². The fraction of sp³-hybridized carbons (Fsp3) is 0.448. The van der Waals surface area contributed by atoms with Crippen molar-refractivity contribution in [3.8, 4) is 22.8 Å². The number of anilines is 2. The van der Waals surface area contributed by atoms with Gasteiger partial charge in [0.15, 0.2) is 11.0 Å². The van der Waals surface area contributed by atoms with Gasteiger partial charge < -0.3 is 35.0 Å². The molecular formula is C29H37N5O4S2. The number of rotatable bonds is 12. The molecule has 2 saturated heterocycles. The van der Waals surface area contributed by atoms with Crippen LogP contribution >= 0.6 is 23.1 Å². The zero-order valence-corrected chi connectivity index (χ0v) is 24.3. The molecule has 0 spiro atoms. The number of thiazole rings is 1. The molecule has 2 aliphatic heterocycles. The first-order chi connectivity index (χ1) is 19.7. The second-order valence-electron chi connectivity index (χ2n) is 9.64. The van der Waals surface area contributed by atoms with Gasteiger partial charge in [-0.2, -0.15) is 11.8 Å². The molecule has 11 heteroatoms. The average Bonchev–Trinajstić information content (AvgIpc) is 3.47. The number of hydrogen-bond donors (Lipinski definition) is 2. The fourth-order valence-electron chi connectivity index (χ4n) is 4.61. The number of oxime groups is 1. The largest absolute Gasteiger partial charge is 0.494 e. The summed E-state index contributed by atoms with van der Waals surface area (Å²) in [5.41, 5.74) is 8.45. The molecule has 5 rings (SSSR count). The average molecular weight is 584 g/mol. The van der Waals surface area contributed by atoms with Crippen LogP contribution in [0.15, 0.2) is 53.7 Å². The van der Waals surface area contributed by atoms with Crippen LogP contribution in [0, 0.1) is 0 Å². The van der Waals surface area contributed by atoms with Gasteiger partial charge in [-0.3, -0.25) is 0 Å². The lowest BCUT2D eigenvalue weighted by atomic mass is 10.1. The SMILES string of the molecule is NC(=NO)c1ccc(OCCCCCOc2ccc(-c3nc(N4CCOCC4)sc3N3CCSCC3)cc2)cc1. The van der Waals surface area contributed by atoms with Crippen molar-refractivity contribution in [2.75, 3.05) is 73.9 Å². The van der Waals surface area contributed by atoms with Crippen LogP contribution < -0.4 is 25.0 Å². The second kappa shape index (κ2) is 14.5. The molecule has 40 heavy (non-hydrogen) atoms. The highest BCUT2D eigenvalue weighted by molar-refractivity contribution is 7.99. The van der Waals surface area contributed by atoms with Crippen LogP contribution in [0.5, 0.6) is 11.5 Å². The van der Waals surface area contributed by atoms with Gasteiger partial charge in [-0.15, -0.1) is 0 Å². The van der Waals surface area contributed by atoms with Crippen LogP contribution in [0.4, 0.5) is 10.1 Å². The number of ether oxygens (including phenoxy) is 3. The minimum Gasteiger partial charge on any atom is -0.494 e.